The molecule has 0 aromatic heterocycles. The van der Waals surface area contributed by atoms with Gasteiger partial charge in [-0.25, -0.2) is 0 Å². The monoisotopic (exact) mass is 150 g/mol. The van der Waals surface area contributed by atoms with E-state index in [9.17, 15) is 9.59 Å². The summed E-state index contributed by atoms with van der Waals surface area (Å²) < 4.78 is 0. The third-order valence-electron chi connectivity index (χ3n) is 0.667. The fraction of sp³-hybridized carbons (Fsp3) is 0.250. The Balaban J connectivity index is 0.000000640. The molecule has 1 N–H and O–H groups in total. The Morgan fingerprint density at radius 1 is 1.56 bits per heavy atom. The van der Waals surface area contributed by atoms with Crippen molar-refractivity contribution in [2.75, 3.05) is 0 Å². The predicted molar refractivity (Wildman–Crippen MR) is 25.6 cm³/mol. The SMILES string of the molecule is O=C1C[C-]=NC(=O)N1.[K+]. The van der Waals surface area contributed by atoms with Crippen LogP contribution in [0.15, 0.2) is 4.99 Å². The van der Waals surface area contributed by atoms with Crippen molar-refractivity contribution in [1.82, 2.24) is 5.32 Å². The number of nitrogens with one attached hydrogen (secondary N) is 1. The van der Waals surface area contributed by atoms with Crippen molar-refractivity contribution in [3.63, 3.8) is 0 Å². The summed E-state index contributed by atoms with van der Waals surface area (Å²) in [6, 6.07) is -0.624. The first kappa shape index (κ1) is 9.45. The third-order valence-corrected chi connectivity index (χ3v) is 0.667. The minimum Gasteiger partial charge on any atom is -0.406 e. The van der Waals surface area contributed by atoms with Crippen molar-refractivity contribution in [3.8, 4) is 0 Å². The molecule has 9 heavy (non-hydrogen) atoms. The van der Waals surface area contributed by atoms with E-state index in [0.29, 0.717) is 0 Å². The zero-order chi connectivity index (χ0) is 5.98. The van der Waals surface area contributed by atoms with Gasteiger partial charge in [-0.05, 0) is 6.42 Å². The number of amides is 3. The molecule has 1 rings (SSSR count). The standard InChI is InChI=1S/C4H3N2O2.K/c7-3-1-2-5-4(8)6-3;/h1H2,(H,6,7,8);/q-1;+1. The van der Waals surface area contributed by atoms with E-state index in [1.54, 1.807) is 0 Å². The number of hydrogen-bond acceptors (Lipinski definition) is 2. The van der Waals surface area contributed by atoms with Crippen LogP contribution in [0, 0.1) is 0 Å². The molecule has 0 unspecified atom stereocenters. The molecule has 0 saturated heterocycles. The molecule has 0 fully saturated rings. The van der Waals surface area contributed by atoms with Gasteiger partial charge in [0.25, 0.3) is 0 Å². The molecule has 0 atom stereocenters. The molecule has 0 spiro atoms. The molecule has 0 aliphatic carbocycles. The molecule has 1 heterocycles. The van der Waals surface area contributed by atoms with Crippen LogP contribution in [0.3, 0.4) is 0 Å². The maximum Gasteiger partial charge on any atom is 1.00 e. The number of carbonyl (C=O) groups is 2. The number of urea groups is 1. The van der Waals surface area contributed by atoms with E-state index < -0.39 is 6.03 Å². The second kappa shape index (κ2) is 4.29. The summed E-state index contributed by atoms with van der Waals surface area (Å²) in [5.41, 5.74) is 0. The van der Waals surface area contributed by atoms with Gasteiger partial charge in [0.05, 0.1) is 0 Å². The molecule has 0 radical (unpaired) electrons. The third kappa shape index (κ3) is 3.22. The van der Waals surface area contributed by atoms with Gasteiger partial charge in [-0.15, -0.1) is 0 Å². The van der Waals surface area contributed by atoms with E-state index in [1.807, 2.05) is 5.32 Å². The van der Waals surface area contributed by atoms with Crippen LogP contribution in [0.5, 0.6) is 0 Å². The van der Waals surface area contributed by atoms with Crippen LogP contribution < -0.4 is 56.7 Å². The molecule has 5 heteroatoms. The average Bonchev–Trinajstić information content (AvgIpc) is 1.64. The number of aliphatic imine (C=N–C) groups is 1. The van der Waals surface area contributed by atoms with Gasteiger partial charge < -0.3 is 15.1 Å². The van der Waals surface area contributed by atoms with Gasteiger partial charge in [-0.1, -0.05) is 0 Å². The molecule has 0 saturated carbocycles. The predicted octanol–water partition coefficient (Wildman–Crippen LogP) is -3.42. The quantitative estimate of drug-likeness (QED) is 0.289. The van der Waals surface area contributed by atoms with Gasteiger partial charge in [-0.2, -0.15) is 6.21 Å². The van der Waals surface area contributed by atoms with Gasteiger partial charge >= 0.3 is 51.4 Å². The Labute approximate surface area is 94.5 Å². The Morgan fingerprint density at radius 3 is 2.56 bits per heavy atom. The molecule has 4 nitrogen and oxygen atoms in total. The van der Waals surface area contributed by atoms with E-state index in [2.05, 4.69) is 11.2 Å². The first-order chi connectivity index (χ1) is 3.79. The normalized spacial score (nSPS) is 16.4. The molecule has 3 amide bonds. The summed E-state index contributed by atoms with van der Waals surface area (Å²) in [6.45, 7) is 0. The van der Waals surface area contributed by atoms with Gasteiger partial charge in [0.1, 0.15) is 0 Å². The number of imide groups is 1. The van der Waals surface area contributed by atoms with Crippen LogP contribution >= 0.6 is 0 Å². The zero-order valence-electron chi connectivity index (χ0n) is 4.97. The number of hydrogen-bond donors (Lipinski definition) is 1. The average molecular weight is 150 g/mol. The maximum atomic E-state index is 10.2. The van der Waals surface area contributed by atoms with Gasteiger partial charge in [0.2, 0.25) is 0 Å². The Bertz CT molecular complexity index is 166. The van der Waals surface area contributed by atoms with Gasteiger partial charge in [-0.3, -0.25) is 4.79 Å². The Kier molecular flexibility index (Phi) is 4.50. The van der Waals surface area contributed by atoms with Crippen LogP contribution in [-0.4, -0.2) is 18.2 Å². The molecule has 0 bridgehead atoms. The summed E-state index contributed by atoms with van der Waals surface area (Å²) in [5, 5.41) is 1.97. The molecule has 0 aromatic carbocycles. The minimum absolute atomic E-state index is 0. The van der Waals surface area contributed by atoms with E-state index in [-0.39, 0.29) is 63.7 Å². The second-order valence-corrected chi connectivity index (χ2v) is 1.30. The van der Waals surface area contributed by atoms with Crippen LogP contribution in [0.4, 0.5) is 4.79 Å². The van der Waals surface area contributed by atoms with Crippen molar-refractivity contribution >= 4 is 18.2 Å². The van der Waals surface area contributed by atoms with E-state index in [0.717, 1.165) is 0 Å². The fourth-order valence-corrected chi connectivity index (χ4v) is 0.375. The Morgan fingerprint density at radius 2 is 2.22 bits per heavy atom. The maximum absolute atomic E-state index is 10.2. The van der Waals surface area contributed by atoms with Crippen LogP contribution in [0.1, 0.15) is 6.42 Å². The number of carbonyl (C=O) groups excluding carboxylic acids is 2. The van der Waals surface area contributed by atoms with Crippen LogP contribution in [0.25, 0.3) is 0 Å². The summed E-state index contributed by atoms with van der Waals surface area (Å²) in [5.74, 6) is -0.343. The molecular weight excluding hydrogens is 147 g/mol. The van der Waals surface area contributed by atoms with Gasteiger partial charge in [0.15, 0.2) is 11.9 Å². The molecule has 0 aromatic rings. The van der Waals surface area contributed by atoms with Crippen molar-refractivity contribution < 1.29 is 61.0 Å². The number of rotatable bonds is 0. The van der Waals surface area contributed by atoms with Crippen LogP contribution in [-0.2, 0) is 4.79 Å². The molecule has 1 aliphatic rings. The van der Waals surface area contributed by atoms with Crippen molar-refractivity contribution in [2.45, 2.75) is 6.42 Å². The van der Waals surface area contributed by atoms with Crippen LogP contribution in [0.2, 0.25) is 0 Å². The van der Waals surface area contributed by atoms with Gasteiger partial charge in [0, 0.05) is 0 Å². The van der Waals surface area contributed by atoms with Crippen molar-refractivity contribution in [2.24, 2.45) is 4.99 Å². The summed E-state index contributed by atoms with van der Waals surface area (Å²) >= 11 is 0. The first-order valence-electron chi connectivity index (χ1n) is 2.06. The second-order valence-electron chi connectivity index (χ2n) is 1.30. The topological polar surface area (TPSA) is 58.5 Å². The zero-order valence-corrected chi connectivity index (χ0v) is 8.09. The molecular formula is C4H3KN2O2. The number of nitrogens with zero attached hydrogens (tertiary/aromatic N) is 1. The summed E-state index contributed by atoms with van der Waals surface area (Å²) in [7, 11) is 0. The Hall–Kier alpha value is 0.446. The van der Waals surface area contributed by atoms with Crippen molar-refractivity contribution in [1.29, 1.82) is 0 Å². The van der Waals surface area contributed by atoms with Crippen molar-refractivity contribution in [3.05, 3.63) is 0 Å². The molecule has 42 valence electrons. The fourth-order valence-electron chi connectivity index (χ4n) is 0.375. The van der Waals surface area contributed by atoms with E-state index in [4.69, 9.17) is 0 Å². The van der Waals surface area contributed by atoms with E-state index >= 15 is 0 Å². The molecule has 1 aliphatic heterocycles. The largest absolute Gasteiger partial charge is 1.00 e. The summed E-state index contributed by atoms with van der Waals surface area (Å²) in [6.07, 6.45) is 2.34. The minimum atomic E-state index is -0.624. The van der Waals surface area contributed by atoms with E-state index in [1.165, 1.54) is 0 Å². The summed E-state index contributed by atoms with van der Waals surface area (Å²) in [4.78, 5) is 23.5. The first-order valence-corrected chi connectivity index (χ1v) is 2.06. The smallest absolute Gasteiger partial charge is 0.406 e.